The van der Waals surface area contributed by atoms with E-state index in [1.165, 1.54) is 12.1 Å². The average Bonchev–Trinajstić information content (AvgIpc) is 3.42. The quantitative estimate of drug-likeness (QED) is 0.840. The van der Waals surface area contributed by atoms with E-state index in [4.69, 9.17) is 0 Å². The fraction of sp³-hybridized carbons (Fsp3) is 0.300. The molecular weight excluding hydrogens is 357 g/mol. The highest BCUT2D eigenvalue weighted by atomic mass is 19.4. The lowest BCUT2D eigenvalue weighted by Gasteiger charge is -2.18. The van der Waals surface area contributed by atoms with Crippen LogP contribution in [0.15, 0.2) is 42.5 Å². The van der Waals surface area contributed by atoms with Gasteiger partial charge >= 0.3 is 6.18 Å². The van der Waals surface area contributed by atoms with Crippen LogP contribution in [0.25, 0.3) is 0 Å². The number of fused-ring (bicyclic) bond motifs is 1. The van der Waals surface area contributed by atoms with Gasteiger partial charge in [-0.2, -0.15) is 13.2 Å². The number of carbonyl (C=O) groups excluding carboxylic acids is 2. The maximum Gasteiger partial charge on any atom is 0.416 e. The number of halogens is 3. The van der Waals surface area contributed by atoms with Crippen LogP contribution < -0.4 is 10.6 Å². The molecule has 2 aliphatic rings. The van der Waals surface area contributed by atoms with E-state index in [0.717, 1.165) is 17.3 Å². The third kappa shape index (κ3) is 3.54. The van der Waals surface area contributed by atoms with E-state index in [0.29, 0.717) is 24.9 Å². The van der Waals surface area contributed by atoms with Gasteiger partial charge in [0.05, 0.1) is 5.56 Å². The molecule has 1 fully saturated rings. The summed E-state index contributed by atoms with van der Waals surface area (Å²) >= 11 is 0. The van der Waals surface area contributed by atoms with Gasteiger partial charge in [0, 0.05) is 23.7 Å². The van der Waals surface area contributed by atoms with Gasteiger partial charge in [0.15, 0.2) is 0 Å². The van der Waals surface area contributed by atoms with E-state index in [1.54, 1.807) is 24.3 Å². The second-order valence-electron chi connectivity index (χ2n) is 6.94. The molecule has 0 unspecified atom stereocenters. The summed E-state index contributed by atoms with van der Waals surface area (Å²) in [7, 11) is 0. The topological polar surface area (TPSA) is 58.2 Å². The third-order valence-electron chi connectivity index (χ3n) is 5.06. The van der Waals surface area contributed by atoms with Crippen molar-refractivity contribution in [3.05, 3.63) is 59.2 Å². The van der Waals surface area contributed by atoms with Gasteiger partial charge in [0.25, 0.3) is 0 Å². The molecule has 2 atom stereocenters. The Morgan fingerprint density at radius 3 is 2.67 bits per heavy atom. The largest absolute Gasteiger partial charge is 0.416 e. The lowest BCUT2D eigenvalue weighted by molar-refractivity contribution is -0.138. The second kappa shape index (κ2) is 6.40. The molecular formula is C20H17F3N2O2. The number of hydrogen-bond acceptors (Lipinski definition) is 2. The minimum Gasteiger partial charge on any atom is -0.326 e. The number of aryl methyl sites for hydroxylation is 1. The van der Waals surface area contributed by atoms with Crippen LogP contribution in [0.1, 0.15) is 35.4 Å². The van der Waals surface area contributed by atoms with E-state index in [9.17, 15) is 22.8 Å². The van der Waals surface area contributed by atoms with Gasteiger partial charge in [0.1, 0.15) is 0 Å². The summed E-state index contributed by atoms with van der Waals surface area (Å²) in [6, 6.07) is 10.6. The summed E-state index contributed by atoms with van der Waals surface area (Å²) in [5.41, 5.74) is 1.76. The number of anilines is 2. The van der Waals surface area contributed by atoms with Crippen molar-refractivity contribution < 1.29 is 22.8 Å². The molecule has 1 aliphatic carbocycles. The first-order valence-corrected chi connectivity index (χ1v) is 8.72. The molecule has 4 nitrogen and oxygen atoms in total. The number of alkyl halides is 3. The molecule has 1 heterocycles. The highest BCUT2D eigenvalue weighted by molar-refractivity contribution is 5.97. The van der Waals surface area contributed by atoms with Gasteiger partial charge in [-0.05, 0) is 54.2 Å². The Kier molecular flexibility index (Phi) is 4.17. The first-order chi connectivity index (χ1) is 12.8. The number of carbonyl (C=O) groups is 2. The van der Waals surface area contributed by atoms with Crippen LogP contribution in [0.4, 0.5) is 24.5 Å². The molecule has 1 aliphatic heterocycles. The maximum absolute atomic E-state index is 13.2. The average molecular weight is 374 g/mol. The smallest absolute Gasteiger partial charge is 0.326 e. The molecule has 0 radical (unpaired) electrons. The standard InChI is InChI=1S/C20H17F3N2O2/c21-20(22,23)16-4-2-1-3-13(16)14-10-15(14)19(27)24-12-6-7-17-11(9-12)5-8-18(26)25-17/h1-4,6-7,9,14-15H,5,8,10H2,(H,24,27)(H,25,26)/t14-,15+/m1/s1. The number of amides is 2. The van der Waals surface area contributed by atoms with Crippen LogP contribution in [0, 0.1) is 5.92 Å². The van der Waals surface area contributed by atoms with Crippen molar-refractivity contribution in [3.63, 3.8) is 0 Å². The van der Waals surface area contributed by atoms with Gasteiger partial charge < -0.3 is 10.6 Å². The molecule has 0 spiro atoms. The molecule has 4 rings (SSSR count). The molecule has 0 bridgehead atoms. The minimum atomic E-state index is -4.43. The van der Waals surface area contributed by atoms with Crippen LogP contribution in [-0.4, -0.2) is 11.8 Å². The van der Waals surface area contributed by atoms with Crippen molar-refractivity contribution in [1.29, 1.82) is 0 Å². The van der Waals surface area contributed by atoms with Crippen molar-refractivity contribution in [2.75, 3.05) is 10.6 Å². The molecule has 27 heavy (non-hydrogen) atoms. The lowest BCUT2D eigenvalue weighted by atomic mass is 10.0. The number of hydrogen-bond donors (Lipinski definition) is 2. The second-order valence-corrected chi connectivity index (χ2v) is 6.94. The van der Waals surface area contributed by atoms with Crippen molar-refractivity contribution in [2.24, 2.45) is 5.92 Å². The van der Waals surface area contributed by atoms with Gasteiger partial charge in [-0.25, -0.2) is 0 Å². The SMILES string of the molecule is O=C1CCc2cc(NC(=O)[C@H]3C[C@@H]3c3ccccc3C(F)(F)F)ccc2N1. The molecule has 0 saturated heterocycles. The highest BCUT2D eigenvalue weighted by Gasteiger charge is 2.47. The van der Waals surface area contributed by atoms with E-state index in [1.807, 2.05) is 0 Å². The van der Waals surface area contributed by atoms with Crippen molar-refractivity contribution in [2.45, 2.75) is 31.4 Å². The van der Waals surface area contributed by atoms with E-state index in [-0.39, 0.29) is 17.4 Å². The predicted molar refractivity (Wildman–Crippen MR) is 94.3 cm³/mol. The van der Waals surface area contributed by atoms with E-state index < -0.39 is 23.6 Å². The summed E-state index contributed by atoms with van der Waals surface area (Å²) in [5, 5.41) is 5.56. The Morgan fingerprint density at radius 1 is 1.11 bits per heavy atom. The molecule has 2 N–H and O–H groups in total. The molecule has 2 amide bonds. The van der Waals surface area contributed by atoms with Gasteiger partial charge in [0.2, 0.25) is 11.8 Å². The first kappa shape index (κ1) is 17.6. The summed E-state index contributed by atoms with van der Waals surface area (Å²) in [6.07, 6.45) is -3.04. The highest BCUT2D eigenvalue weighted by Crippen LogP contribution is 2.51. The van der Waals surface area contributed by atoms with E-state index in [2.05, 4.69) is 10.6 Å². The fourth-order valence-electron chi connectivity index (χ4n) is 3.60. The lowest BCUT2D eigenvalue weighted by Crippen LogP contribution is -2.20. The summed E-state index contributed by atoms with van der Waals surface area (Å²) in [4.78, 5) is 23.9. The monoisotopic (exact) mass is 374 g/mol. The Labute approximate surface area is 153 Å². The fourth-order valence-corrected chi connectivity index (χ4v) is 3.60. The third-order valence-corrected chi connectivity index (χ3v) is 5.06. The van der Waals surface area contributed by atoms with Crippen molar-refractivity contribution in [1.82, 2.24) is 0 Å². The van der Waals surface area contributed by atoms with Crippen LogP contribution in [-0.2, 0) is 22.2 Å². The molecule has 140 valence electrons. The van der Waals surface area contributed by atoms with Crippen molar-refractivity contribution >= 4 is 23.2 Å². The normalized spacial score (nSPS) is 21.2. The Hall–Kier alpha value is -2.83. The Balaban J connectivity index is 1.47. The zero-order valence-electron chi connectivity index (χ0n) is 14.3. The minimum absolute atomic E-state index is 0.0385. The van der Waals surface area contributed by atoms with Crippen molar-refractivity contribution in [3.8, 4) is 0 Å². The zero-order valence-corrected chi connectivity index (χ0v) is 14.3. The number of rotatable bonds is 3. The number of benzene rings is 2. The molecule has 1 saturated carbocycles. The summed E-state index contributed by atoms with van der Waals surface area (Å²) in [5.74, 6) is -1.20. The molecule has 7 heteroatoms. The predicted octanol–water partition coefficient (Wildman–Crippen LogP) is 4.33. The number of nitrogens with one attached hydrogen (secondary N) is 2. The molecule has 2 aromatic carbocycles. The maximum atomic E-state index is 13.2. The van der Waals surface area contributed by atoms with Gasteiger partial charge in [-0.15, -0.1) is 0 Å². The van der Waals surface area contributed by atoms with Crippen LogP contribution >= 0.6 is 0 Å². The molecule has 0 aromatic heterocycles. The summed E-state index contributed by atoms with van der Waals surface area (Å²) < 4.78 is 39.5. The zero-order chi connectivity index (χ0) is 19.2. The molecule has 2 aromatic rings. The Morgan fingerprint density at radius 2 is 1.89 bits per heavy atom. The van der Waals surface area contributed by atoms with Crippen LogP contribution in [0.5, 0.6) is 0 Å². The van der Waals surface area contributed by atoms with Crippen LogP contribution in [0.2, 0.25) is 0 Å². The Bertz CT molecular complexity index is 924. The van der Waals surface area contributed by atoms with Gasteiger partial charge in [-0.1, -0.05) is 18.2 Å². The summed E-state index contributed by atoms with van der Waals surface area (Å²) in [6.45, 7) is 0. The van der Waals surface area contributed by atoms with Gasteiger partial charge in [-0.3, -0.25) is 9.59 Å². The van der Waals surface area contributed by atoms with E-state index >= 15 is 0 Å². The van der Waals surface area contributed by atoms with Crippen LogP contribution in [0.3, 0.4) is 0 Å². The first-order valence-electron chi connectivity index (χ1n) is 8.72.